The van der Waals surface area contributed by atoms with Gasteiger partial charge in [-0.1, -0.05) is 22.0 Å². The van der Waals surface area contributed by atoms with E-state index < -0.39 is 33.1 Å². The SMILES string of the molecule is CC(=O)OCOP(=O)(/C=C/CCBr)OCOC(C)=O. The van der Waals surface area contributed by atoms with Crippen molar-refractivity contribution in [2.45, 2.75) is 20.3 Å². The van der Waals surface area contributed by atoms with Gasteiger partial charge in [-0.3, -0.25) is 23.2 Å². The largest absolute Gasteiger partial charge is 0.438 e. The average molecular weight is 359 g/mol. The molecule has 0 bridgehead atoms. The smallest absolute Gasteiger partial charge is 0.359 e. The van der Waals surface area contributed by atoms with E-state index in [2.05, 4.69) is 25.4 Å². The highest BCUT2D eigenvalue weighted by atomic mass is 79.9. The van der Waals surface area contributed by atoms with Crippen LogP contribution >= 0.6 is 23.5 Å². The van der Waals surface area contributed by atoms with Crippen molar-refractivity contribution in [2.75, 3.05) is 18.9 Å². The van der Waals surface area contributed by atoms with E-state index in [1.807, 2.05) is 0 Å². The minimum absolute atomic E-state index is 0.509. The van der Waals surface area contributed by atoms with Gasteiger partial charge >= 0.3 is 19.5 Å². The Morgan fingerprint density at radius 2 is 1.58 bits per heavy atom. The molecule has 0 amide bonds. The van der Waals surface area contributed by atoms with Crippen molar-refractivity contribution in [2.24, 2.45) is 0 Å². The zero-order valence-corrected chi connectivity index (χ0v) is 13.1. The lowest BCUT2D eigenvalue weighted by atomic mass is 10.5. The van der Waals surface area contributed by atoms with E-state index in [1.165, 1.54) is 19.7 Å². The van der Waals surface area contributed by atoms with E-state index in [-0.39, 0.29) is 0 Å². The Kier molecular flexibility index (Phi) is 9.77. The Morgan fingerprint density at radius 1 is 1.11 bits per heavy atom. The lowest BCUT2D eigenvalue weighted by molar-refractivity contribution is -0.149. The highest BCUT2D eigenvalue weighted by Gasteiger charge is 2.22. The zero-order chi connectivity index (χ0) is 14.7. The summed E-state index contributed by atoms with van der Waals surface area (Å²) in [4.78, 5) is 21.1. The minimum atomic E-state index is -3.62. The molecule has 0 saturated heterocycles. The van der Waals surface area contributed by atoms with Gasteiger partial charge in [-0.05, 0) is 6.42 Å². The molecule has 0 spiro atoms. The van der Waals surface area contributed by atoms with Crippen molar-refractivity contribution < 1.29 is 32.7 Å². The lowest BCUT2D eigenvalue weighted by Gasteiger charge is -2.14. The Labute approximate surface area is 119 Å². The van der Waals surface area contributed by atoms with Gasteiger partial charge in [-0.15, -0.1) is 0 Å². The first-order valence-corrected chi connectivity index (χ1v) is 8.02. The third-order valence-corrected chi connectivity index (χ3v) is 3.52. The molecule has 19 heavy (non-hydrogen) atoms. The predicted molar refractivity (Wildman–Crippen MR) is 70.6 cm³/mol. The van der Waals surface area contributed by atoms with Crippen LogP contribution in [0, 0.1) is 0 Å². The fourth-order valence-corrected chi connectivity index (χ4v) is 2.07. The van der Waals surface area contributed by atoms with Crippen LogP contribution in [0.25, 0.3) is 0 Å². The highest BCUT2D eigenvalue weighted by Crippen LogP contribution is 2.49. The Morgan fingerprint density at radius 3 is 1.95 bits per heavy atom. The first-order chi connectivity index (χ1) is 8.89. The van der Waals surface area contributed by atoms with Crippen molar-refractivity contribution in [1.29, 1.82) is 0 Å². The maximum Gasteiger partial charge on any atom is 0.359 e. The molecule has 0 radical (unpaired) electrons. The van der Waals surface area contributed by atoms with E-state index in [9.17, 15) is 14.2 Å². The summed E-state index contributed by atoms with van der Waals surface area (Å²) in [6.07, 6.45) is 2.19. The molecule has 9 heteroatoms. The highest BCUT2D eigenvalue weighted by molar-refractivity contribution is 9.09. The van der Waals surface area contributed by atoms with Gasteiger partial charge in [0.05, 0.1) is 0 Å². The molecular formula is C10H16BrO7P. The van der Waals surface area contributed by atoms with Gasteiger partial charge in [0.2, 0.25) is 13.6 Å². The number of carbonyl (C=O) groups is 2. The number of alkyl halides is 1. The summed E-state index contributed by atoms with van der Waals surface area (Å²) < 4.78 is 30.9. The molecule has 0 aromatic carbocycles. The van der Waals surface area contributed by atoms with Crippen LogP contribution in [0.4, 0.5) is 0 Å². The maximum atomic E-state index is 12.1. The molecule has 0 rings (SSSR count). The molecule has 7 nitrogen and oxygen atoms in total. The number of carbonyl (C=O) groups excluding carboxylic acids is 2. The van der Waals surface area contributed by atoms with Gasteiger partial charge in [0.1, 0.15) is 0 Å². The summed E-state index contributed by atoms with van der Waals surface area (Å²) >= 11 is 3.20. The van der Waals surface area contributed by atoms with Crippen molar-refractivity contribution in [3.8, 4) is 0 Å². The normalized spacial score (nSPS) is 11.5. The molecule has 0 saturated carbocycles. The predicted octanol–water partition coefficient (Wildman–Crippen LogP) is 2.55. The molecule has 0 heterocycles. The Bertz CT molecular complexity index is 345. The van der Waals surface area contributed by atoms with Crippen LogP contribution in [-0.2, 0) is 32.7 Å². The second-order valence-electron chi connectivity index (χ2n) is 3.17. The molecule has 0 N–H and O–H groups in total. The van der Waals surface area contributed by atoms with Crippen LogP contribution in [0.5, 0.6) is 0 Å². The molecule has 0 aromatic rings. The van der Waals surface area contributed by atoms with Gasteiger partial charge in [0.15, 0.2) is 0 Å². The molecule has 110 valence electrons. The molecule has 0 unspecified atom stereocenters. The van der Waals surface area contributed by atoms with Crippen LogP contribution in [0.15, 0.2) is 11.9 Å². The summed E-state index contributed by atoms with van der Waals surface area (Å²) in [6, 6.07) is 0. The van der Waals surface area contributed by atoms with Gasteiger partial charge in [-0.2, -0.15) is 0 Å². The third-order valence-electron chi connectivity index (χ3n) is 1.55. The van der Waals surface area contributed by atoms with E-state index in [1.54, 1.807) is 6.08 Å². The first kappa shape index (κ1) is 18.3. The standard InChI is InChI=1S/C10H16BrO7P/c1-9(12)15-7-17-19(14,6-4-3-5-11)18-8-16-10(2)13/h4,6H,3,5,7-8H2,1-2H3/b6-4+. The second-order valence-corrected chi connectivity index (χ2v) is 5.86. The first-order valence-electron chi connectivity index (χ1n) is 5.29. The van der Waals surface area contributed by atoms with Crippen LogP contribution in [-0.4, -0.2) is 30.9 Å². The van der Waals surface area contributed by atoms with Gasteiger partial charge < -0.3 is 9.47 Å². The number of allylic oxidation sites excluding steroid dienone is 1. The number of esters is 2. The van der Waals surface area contributed by atoms with E-state index in [0.29, 0.717) is 11.8 Å². The zero-order valence-electron chi connectivity index (χ0n) is 10.7. The summed E-state index contributed by atoms with van der Waals surface area (Å²) in [5.74, 6) is 0.0771. The molecule has 0 atom stereocenters. The lowest BCUT2D eigenvalue weighted by Crippen LogP contribution is -2.07. The summed E-state index contributed by atoms with van der Waals surface area (Å²) in [5.41, 5.74) is 0. The van der Waals surface area contributed by atoms with Crippen LogP contribution in [0.2, 0.25) is 0 Å². The van der Waals surface area contributed by atoms with Crippen LogP contribution in [0.3, 0.4) is 0 Å². The molecule has 0 aromatic heterocycles. The van der Waals surface area contributed by atoms with E-state index in [0.717, 1.165) is 0 Å². The maximum absolute atomic E-state index is 12.1. The molecule has 0 fully saturated rings. The fourth-order valence-electron chi connectivity index (χ4n) is 0.756. The van der Waals surface area contributed by atoms with Crippen molar-refractivity contribution in [3.63, 3.8) is 0 Å². The number of ether oxygens (including phenoxy) is 2. The summed E-state index contributed by atoms with van der Waals surface area (Å²) in [7, 11) is -3.62. The number of hydrogen-bond donors (Lipinski definition) is 0. The van der Waals surface area contributed by atoms with Gasteiger partial charge in [0.25, 0.3) is 0 Å². The topological polar surface area (TPSA) is 88.1 Å². The average Bonchev–Trinajstić information content (AvgIpc) is 2.28. The Hall–Kier alpha value is -0.690. The number of halogens is 1. The summed E-state index contributed by atoms with van der Waals surface area (Å²) in [5, 5.41) is 0.678. The van der Waals surface area contributed by atoms with Crippen molar-refractivity contribution >= 4 is 35.5 Å². The Balaban J connectivity index is 4.39. The van der Waals surface area contributed by atoms with Crippen molar-refractivity contribution in [1.82, 2.24) is 0 Å². The summed E-state index contributed by atoms with van der Waals surface area (Å²) in [6.45, 7) is 1.36. The van der Waals surface area contributed by atoms with Crippen LogP contribution < -0.4 is 0 Å². The van der Waals surface area contributed by atoms with Gasteiger partial charge in [-0.25, -0.2) is 0 Å². The van der Waals surface area contributed by atoms with E-state index >= 15 is 0 Å². The minimum Gasteiger partial charge on any atom is -0.438 e. The third kappa shape index (κ3) is 10.9. The molecule has 0 aliphatic heterocycles. The van der Waals surface area contributed by atoms with Crippen LogP contribution in [0.1, 0.15) is 20.3 Å². The van der Waals surface area contributed by atoms with Crippen molar-refractivity contribution in [3.05, 3.63) is 11.9 Å². The molecule has 0 aliphatic carbocycles. The molecular weight excluding hydrogens is 343 g/mol. The molecule has 0 aliphatic rings. The van der Waals surface area contributed by atoms with E-state index in [4.69, 9.17) is 9.05 Å². The van der Waals surface area contributed by atoms with Gasteiger partial charge in [0, 0.05) is 25.0 Å². The number of hydrogen-bond acceptors (Lipinski definition) is 7. The second kappa shape index (κ2) is 10.1. The fraction of sp³-hybridized carbons (Fsp3) is 0.600. The quantitative estimate of drug-likeness (QED) is 0.271. The monoisotopic (exact) mass is 358 g/mol. The number of rotatable bonds is 9.